The summed E-state index contributed by atoms with van der Waals surface area (Å²) in [5, 5.41) is 37.5. The van der Waals surface area contributed by atoms with E-state index in [0.717, 1.165) is 82.7 Å². The van der Waals surface area contributed by atoms with Crippen LogP contribution in [0.4, 0.5) is 0 Å². The molecule has 6 atom stereocenters. The van der Waals surface area contributed by atoms with Gasteiger partial charge in [-0.2, -0.15) is 13.5 Å². The van der Waals surface area contributed by atoms with E-state index < -0.39 is 53.2 Å². The lowest BCUT2D eigenvalue weighted by molar-refractivity contribution is -0.144. The van der Waals surface area contributed by atoms with Gasteiger partial charge in [-0.3, -0.25) is 24.0 Å². The van der Waals surface area contributed by atoms with Crippen LogP contribution in [0, 0.1) is 24.7 Å². The number of thiazole rings is 2. The molecule has 4 aliphatic heterocycles. The number of piperidine rings is 2. The van der Waals surface area contributed by atoms with Crippen LogP contribution in [0.5, 0.6) is 0 Å². The number of aliphatic hydroxyl groups is 2. The van der Waals surface area contributed by atoms with E-state index in [4.69, 9.17) is 20.3 Å². The molecule has 0 aliphatic carbocycles. The third-order valence-corrected chi connectivity index (χ3v) is 17.6. The quantitative estimate of drug-likeness (QED) is 0.0463. The number of likely N-dealkylation sites (tertiary alicyclic amines) is 4. The summed E-state index contributed by atoms with van der Waals surface area (Å²) >= 11 is 3.19. The monoisotopic (exact) mass is 1270 g/mol. The lowest BCUT2D eigenvalue weighted by atomic mass is 9.85. The van der Waals surface area contributed by atoms with Gasteiger partial charge in [-0.1, -0.05) is 110 Å². The number of aliphatic carboxylic acids is 1. The Kier molecular flexibility index (Phi) is 30.4. The highest BCUT2D eigenvalue weighted by atomic mass is 32.1. The summed E-state index contributed by atoms with van der Waals surface area (Å²) in [5.41, 5.74) is 14.7. The van der Waals surface area contributed by atoms with Crippen molar-refractivity contribution in [1.82, 2.24) is 45.5 Å². The number of amides is 5. The highest BCUT2D eigenvalue weighted by Gasteiger charge is 2.45. The van der Waals surface area contributed by atoms with E-state index in [1.54, 1.807) is 22.7 Å². The average Bonchev–Trinajstić information content (AvgIpc) is 2.10. The molecule has 2 aromatic carbocycles. The number of β-amino-alcohol motifs (C(OH)–C–C–N with tert-alkyl or cyclic N) is 2. The van der Waals surface area contributed by atoms with Crippen LogP contribution in [0.1, 0.15) is 123 Å². The van der Waals surface area contributed by atoms with Crippen LogP contribution >= 0.6 is 36.2 Å². The van der Waals surface area contributed by atoms with Crippen molar-refractivity contribution in [2.24, 2.45) is 16.6 Å². The van der Waals surface area contributed by atoms with Gasteiger partial charge in [0, 0.05) is 52.1 Å². The minimum atomic E-state index is -0.890. The smallest absolute Gasteiger partial charge is 0.329 e. The molecule has 4 saturated heterocycles. The molecule has 484 valence electrons. The third kappa shape index (κ3) is 23.2. The number of rotatable bonds is 21. The van der Waals surface area contributed by atoms with Gasteiger partial charge in [0.15, 0.2) is 0 Å². The van der Waals surface area contributed by atoms with E-state index in [-0.39, 0.29) is 89.6 Å². The highest BCUT2D eigenvalue weighted by molar-refractivity contribution is 7.59. The predicted molar refractivity (Wildman–Crippen MR) is 346 cm³/mol. The number of carbonyl (C=O) groups is 6. The number of benzene rings is 2. The van der Waals surface area contributed by atoms with Crippen LogP contribution in [0.2, 0.25) is 0 Å². The molecule has 4 aliphatic rings. The van der Waals surface area contributed by atoms with Crippen molar-refractivity contribution in [1.29, 1.82) is 0 Å². The summed E-state index contributed by atoms with van der Waals surface area (Å²) in [7, 11) is 0. The number of carbonyl (C=O) groups excluding carboxylic acids is 5. The number of aryl methyl sites for hydroxylation is 2. The Morgan fingerprint density at radius 1 is 0.632 bits per heavy atom. The zero-order valence-corrected chi connectivity index (χ0v) is 54.1. The fraction of sp³-hybridized carbons (Fsp3) is 0.619. The molecule has 4 fully saturated rings. The van der Waals surface area contributed by atoms with Crippen molar-refractivity contribution < 1.29 is 53.6 Å². The maximum Gasteiger partial charge on any atom is 0.329 e. The number of carboxylic acid groups (broad SMARTS) is 1. The lowest BCUT2D eigenvalue weighted by Gasteiger charge is -2.35. The van der Waals surface area contributed by atoms with Crippen molar-refractivity contribution in [3.8, 4) is 20.9 Å². The molecule has 21 nitrogen and oxygen atoms in total. The molecular weight excluding hydrogens is 1170 g/mol. The standard InChI is InChI=1S/C31H45N5O5S.C22H30N4O3S.C9H17NO3.CH4.H2S/c1-21-27(42-20-33-21)23-10-8-22(9-11-23)17-32-29(39)25-16-24(37)18-36(25)30(40)28(31(2,3)4)34-26(38)19-41-15-14-35-12-6-5-7-13-35;1-13-18(30-12-25-13)15-7-5-14(6-8-15)10-24-20(28)17-9-16(27)11-26(17)21(29)19(23)22(2,3)4;11-9(12)8-13-7-6-10-4-2-1-3-5-10;;/h8-11,20,24-25,28,37H,5-7,12-19H2,1-4H3,(H,32,39)(H,34,38);5-8,12,16-17,19,27H,9-11,23H2,1-4H3,(H,24,28);1-8H2,(H,11,12);1H4;1H2/t24-,25+,28-;16-,17+,19-;;;/m11.../s1. The molecule has 6 heterocycles. The topological polar surface area (TPSA) is 282 Å². The van der Waals surface area contributed by atoms with Crippen molar-refractivity contribution in [2.75, 3.05) is 78.8 Å². The van der Waals surface area contributed by atoms with E-state index in [1.165, 1.54) is 48.3 Å². The highest BCUT2D eigenvalue weighted by Crippen LogP contribution is 2.31. The van der Waals surface area contributed by atoms with Crippen LogP contribution in [0.3, 0.4) is 0 Å². The molecule has 4 aromatic rings. The molecule has 2 aromatic heterocycles. The molecule has 0 spiro atoms. The summed E-state index contributed by atoms with van der Waals surface area (Å²) < 4.78 is 10.6. The zero-order valence-electron chi connectivity index (χ0n) is 51.5. The van der Waals surface area contributed by atoms with Crippen LogP contribution < -0.4 is 21.7 Å². The molecule has 0 radical (unpaired) electrons. The summed E-state index contributed by atoms with van der Waals surface area (Å²) in [6.45, 7) is 22.7. The van der Waals surface area contributed by atoms with Gasteiger partial charge in [0.05, 0.1) is 63.6 Å². The maximum atomic E-state index is 13.7. The molecule has 87 heavy (non-hydrogen) atoms. The van der Waals surface area contributed by atoms with Crippen LogP contribution in [-0.4, -0.2) is 196 Å². The second kappa shape index (κ2) is 35.7. The van der Waals surface area contributed by atoms with Gasteiger partial charge in [-0.05, 0) is 98.8 Å². The second-order valence-corrected chi connectivity index (χ2v) is 26.4. The van der Waals surface area contributed by atoms with E-state index in [1.807, 2.05) is 115 Å². The number of carboxylic acids is 1. The molecule has 5 amide bonds. The van der Waals surface area contributed by atoms with Gasteiger partial charge < -0.3 is 66.1 Å². The lowest BCUT2D eigenvalue weighted by Crippen LogP contribution is -2.58. The predicted octanol–water partition coefficient (Wildman–Crippen LogP) is 6.12. The Bertz CT molecular complexity index is 2780. The van der Waals surface area contributed by atoms with Gasteiger partial charge in [0.1, 0.15) is 31.3 Å². The van der Waals surface area contributed by atoms with Crippen LogP contribution in [-0.2, 0) is 51.3 Å². The largest absolute Gasteiger partial charge is 0.480 e. The van der Waals surface area contributed by atoms with E-state index in [0.29, 0.717) is 26.3 Å². The van der Waals surface area contributed by atoms with E-state index >= 15 is 0 Å². The molecule has 0 saturated carbocycles. The molecule has 24 heteroatoms. The Morgan fingerprint density at radius 3 is 1.40 bits per heavy atom. The van der Waals surface area contributed by atoms with Crippen molar-refractivity contribution in [3.05, 3.63) is 82.1 Å². The molecular formula is C63H98N10O11S3. The number of hydrogen-bond acceptors (Lipinski definition) is 17. The zero-order chi connectivity index (χ0) is 61.8. The van der Waals surface area contributed by atoms with Gasteiger partial charge >= 0.3 is 5.97 Å². The first-order chi connectivity index (χ1) is 40.4. The normalized spacial score (nSPS) is 19.6. The first-order valence-corrected chi connectivity index (χ1v) is 31.5. The maximum absolute atomic E-state index is 13.7. The Hall–Kier alpha value is -5.41. The number of nitrogens with two attached hydrogens (primary N) is 1. The summed E-state index contributed by atoms with van der Waals surface area (Å²) in [4.78, 5) is 93.8. The fourth-order valence-electron chi connectivity index (χ4n) is 10.6. The Labute approximate surface area is 530 Å². The van der Waals surface area contributed by atoms with Crippen LogP contribution in [0.15, 0.2) is 59.6 Å². The molecule has 8 rings (SSSR count). The summed E-state index contributed by atoms with van der Waals surface area (Å²) in [6, 6.07) is 12.7. The number of aromatic nitrogens is 2. The van der Waals surface area contributed by atoms with Crippen LogP contribution in [0.25, 0.3) is 20.9 Å². The molecule has 0 unspecified atom stereocenters. The summed E-state index contributed by atoms with van der Waals surface area (Å²) in [6.07, 6.45) is 6.33. The third-order valence-electron chi connectivity index (χ3n) is 15.7. The van der Waals surface area contributed by atoms with Crippen molar-refractivity contribution in [2.45, 2.75) is 164 Å². The van der Waals surface area contributed by atoms with Crippen molar-refractivity contribution in [3.63, 3.8) is 0 Å². The van der Waals surface area contributed by atoms with Crippen molar-refractivity contribution >= 4 is 71.7 Å². The number of nitrogens with zero attached hydrogens (tertiary/aromatic N) is 6. The average molecular weight is 1270 g/mol. The number of ether oxygens (including phenoxy) is 2. The summed E-state index contributed by atoms with van der Waals surface area (Å²) in [5.74, 6) is -2.56. The Balaban J connectivity index is 0.000000313. The first-order valence-electron chi connectivity index (χ1n) is 29.8. The first kappa shape index (κ1) is 74.1. The SMILES string of the molecule is C.Cc1ncsc1-c1ccc(CNC(=O)[C@@H]2C[C@@H](O)CN2C(=O)[C@@H](N)C(C)(C)C)cc1.Cc1ncsc1-c1ccc(CNC(=O)[C@@H]2C[C@@H](O)CN2C(=O)[C@@H](NC(=O)COCCN2CCCCC2)C(C)(C)C)cc1.O=C(O)COCCN1CCCCC1.S. The molecule has 8 N–H and O–H groups in total. The Morgan fingerprint density at radius 2 is 1.03 bits per heavy atom. The number of nitrogens with one attached hydrogen (secondary N) is 3. The minimum Gasteiger partial charge on any atom is -0.480 e. The van der Waals surface area contributed by atoms with Gasteiger partial charge in [-0.15, -0.1) is 22.7 Å². The van der Waals surface area contributed by atoms with E-state index in [9.17, 15) is 39.0 Å². The van der Waals surface area contributed by atoms with Gasteiger partial charge in [0.2, 0.25) is 29.5 Å². The number of aliphatic hydroxyl groups excluding tert-OH is 2. The molecule has 0 bridgehead atoms. The van der Waals surface area contributed by atoms with Gasteiger partial charge in [0.25, 0.3) is 0 Å². The second-order valence-electron chi connectivity index (χ2n) is 24.7. The number of hydrogen-bond donors (Lipinski definition) is 7. The van der Waals surface area contributed by atoms with E-state index in [2.05, 4.69) is 35.7 Å². The van der Waals surface area contributed by atoms with Gasteiger partial charge in [-0.25, -0.2) is 14.8 Å². The fourth-order valence-corrected chi connectivity index (χ4v) is 12.2. The minimum absolute atomic E-state index is 0.